The van der Waals surface area contributed by atoms with E-state index in [9.17, 15) is 14.3 Å². The molecule has 1 atom stereocenters. The second-order valence-electron chi connectivity index (χ2n) is 9.81. The van der Waals surface area contributed by atoms with Crippen molar-refractivity contribution in [3.8, 4) is 11.9 Å². The van der Waals surface area contributed by atoms with E-state index in [1.807, 2.05) is 22.8 Å². The lowest BCUT2D eigenvalue weighted by molar-refractivity contribution is -0.0595. The average molecular weight is 544 g/mol. The number of halogens is 1. The second kappa shape index (κ2) is 10.9. The minimum Gasteiger partial charge on any atom is -0.475 e. The maximum atomic E-state index is 14.2. The Morgan fingerprint density at radius 1 is 1.25 bits per heavy atom. The second-order valence-corrected chi connectivity index (χ2v) is 9.81. The summed E-state index contributed by atoms with van der Waals surface area (Å²) in [5.41, 5.74) is 3.50. The number of hydrogen-bond acceptors (Lipinski definition) is 8. The van der Waals surface area contributed by atoms with Crippen LogP contribution in [0.5, 0.6) is 5.88 Å². The first kappa shape index (κ1) is 25.7. The number of hydrogen-bond donors (Lipinski definition) is 1. The molecular weight excluding hydrogens is 517 g/mol. The molecule has 1 fully saturated rings. The molecule has 5 heterocycles. The lowest BCUT2D eigenvalue weighted by atomic mass is 10.0. The minimum atomic E-state index is -1.12. The van der Waals surface area contributed by atoms with Gasteiger partial charge in [-0.2, -0.15) is 5.26 Å². The predicted octanol–water partition coefficient (Wildman–Crippen LogP) is 4.39. The Labute approximate surface area is 228 Å². The summed E-state index contributed by atoms with van der Waals surface area (Å²) >= 11 is 0. The molecule has 0 spiro atoms. The lowest BCUT2D eigenvalue weighted by Crippen LogP contribution is -2.33. The molecule has 1 aromatic carbocycles. The molecule has 0 amide bonds. The van der Waals surface area contributed by atoms with Crippen LogP contribution in [0.4, 0.5) is 4.39 Å². The van der Waals surface area contributed by atoms with E-state index in [0.717, 1.165) is 43.1 Å². The van der Waals surface area contributed by atoms with Gasteiger partial charge in [-0.05, 0) is 36.6 Å². The number of fused-ring (bicyclic) bond motifs is 1. The molecule has 2 aliphatic rings. The molecule has 40 heavy (non-hydrogen) atoms. The third-order valence-electron chi connectivity index (χ3n) is 7.16. The predicted molar refractivity (Wildman–Crippen MR) is 141 cm³/mol. The van der Waals surface area contributed by atoms with Crippen LogP contribution in [0.3, 0.4) is 0 Å². The van der Waals surface area contributed by atoms with Crippen LogP contribution in [-0.4, -0.2) is 56.3 Å². The third-order valence-corrected chi connectivity index (χ3v) is 7.16. The quantitative estimate of drug-likeness (QED) is 0.327. The highest BCUT2D eigenvalue weighted by Gasteiger charge is 2.26. The van der Waals surface area contributed by atoms with E-state index in [0.29, 0.717) is 42.3 Å². The summed E-state index contributed by atoms with van der Waals surface area (Å²) in [5, 5.41) is 18.2. The SMILES string of the molecule is N#Cc1ccc(COc2cccc(C3=CCN(Cc4nc5cc(C(=O)O)oc5n4C[C@@H]4CCO4)CC3)n2)c(F)c1. The van der Waals surface area contributed by atoms with Crippen molar-refractivity contribution >= 4 is 22.8 Å². The number of carboxylic acid groups (broad SMARTS) is 1. The van der Waals surface area contributed by atoms with Crippen molar-refractivity contribution in [2.75, 3.05) is 19.7 Å². The maximum absolute atomic E-state index is 14.2. The Balaban J connectivity index is 1.12. The zero-order chi connectivity index (χ0) is 27.6. The number of aromatic nitrogens is 3. The fourth-order valence-electron chi connectivity index (χ4n) is 4.86. The number of benzene rings is 1. The van der Waals surface area contributed by atoms with Gasteiger partial charge in [0.15, 0.2) is 0 Å². The molecule has 204 valence electrons. The van der Waals surface area contributed by atoms with Crippen molar-refractivity contribution < 1.29 is 28.2 Å². The van der Waals surface area contributed by atoms with Crippen LogP contribution in [0.15, 0.2) is 53.0 Å². The topological polar surface area (TPSA) is 127 Å². The van der Waals surface area contributed by atoms with E-state index in [2.05, 4.69) is 20.9 Å². The van der Waals surface area contributed by atoms with Crippen LogP contribution in [0.25, 0.3) is 16.8 Å². The molecule has 0 aliphatic carbocycles. The number of nitrogens with zero attached hydrogens (tertiary/aromatic N) is 5. The molecule has 0 unspecified atom stereocenters. The Hall–Kier alpha value is -4.53. The van der Waals surface area contributed by atoms with Crippen molar-refractivity contribution in [2.24, 2.45) is 0 Å². The first-order valence-corrected chi connectivity index (χ1v) is 13.0. The van der Waals surface area contributed by atoms with Crippen molar-refractivity contribution in [3.05, 3.63) is 82.8 Å². The Bertz CT molecular complexity index is 1650. The van der Waals surface area contributed by atoms with Gasteiger partial charge in [0.25, 0.3) is 0 Å². The molecule has 0 saturated carbocycles. The number of nitriles is 1. The number of ether oxygens (including phenoxy) is 2. The molecule has 6 rings (SSSR count). The van der Waals surface area contributed by atoms with Gasteiger partial charge in [0.1, 0.15) is 23.8 Å². The number of imidazole rings is 1. The molecule has 1 N–H and O–H groups in total. The zero-order valence-electron chi connectivity index (χ0n) is 21.5. The molecule has 10 nitrogen and oxygen atoms in total. The largest absolute Gasteiger partial charge is 0.475 e. The van der Waals surface area contributed by atoms with E-state index in [-0.39, 0.29) is 24.0 Å². The van der Waals surface area contributed by atoms with Crippen molar-refractivity contribution in [3.63, 3.8) is 0 Å². The van der Waals surface area contributed by atoms with Gasteiger partial charge in [0.05, 0.1) is 36.5 Å². The van der Waals surface area contributed by atoms with Crippen LogP contribution >= 0.6 is 0 Å². The zero-order valence-corrected chi connectivity index (χ0v) is 21.5. The number of pyridine rings is 1. The van der Waals surface area contributed by atoms with Gasteiger partial charge >= 0.3 is 5.97 Å². The number of carboxylic acids is 1. The van der Waals surface area contributed by atoms with Gasteiger partial charge in [-0.1, -0.05) is 18.2 Å². The number of carbonyl (C=O) groups is 1. The molecule has 4 aromatic rings. The average Bonchev–Trinajstić information content (AvgIpc) is 3.49. The number of rotatable bonds is 9. The smallest absolute Gasteiger partial charge is 0.371 e. The molecule has 11 heteroatoms. The number of furan rings is 1. The van der Waals surface area contributed by atoms with Crippen molar-refractivity contribution in [2.45, 2.75) is 38.6 Å². The van der Waals surface area contributed by atoms with E-state index in [4.69, 9.17) is 19.2 Å². The lowest BCUT2D eigenvalue weighted by Gasteiger charge is -2.29. The first-order valence-electron chi connectivity index (χ1n) is 13.0. The monoisotopic (exact) mass is 543 g/mol. The summed E-state index contributed by atoms with van der Waals surface area (Å²) in [5.74, 6) is -0.529. The molecule has 1 saturated heterocycles. The van der Waals surface area contributed by atoms with Crippen LogP contribution in [0, 0.1) is 17.1 Å². The van der Waals surface area contributed by atoms with E-state index in [1.54, 1.807) is 18.2 Å². The van der Waals surface area contributed by atoms with Crippen LogP contribution in [0.1, 0.15) is 46.0 Å². The van der Waals surface area contributed by atoms with Crippen LogP contribution in [0.2, 0.25) is 0 Å². The van der Waals surface area contributed by atoms with Crippen molar-refractivity contribution in [1.82, 2.24) is 19.4 Å². The summed E-state index contributed by atoms with van der Waals surface area (Å²) in [4.78, 5) is 22.9. The third kappa shape index (κ3) is 5.32. The molecule has 2 aliphatic heterocycles. The van der Waals surface area contributed by atoms with Crippen molar-refractivity contribution in [1.29, 1.82) is 5.26 Å². The maximum Gasteiger partial charge on any atom is 0.371 e. The van der Waals surface area contributed by atoms with Gasteiger partial charge < -0.3 is 19.0 Å². The van der Waals surface area contributed by atoms with Gasteiger partial charge in [0, 0.05) is 37.4 Å². The highest BCUT2D eigenvalue weighted by Crippen LogP contribution is 2.27. The van der Waals surface area contributed by atoms with E-state index >= 15 is 0 Å². The summed E-state index contributed by atoms with van der Waals surface area (Å²) in [6, 6.07) is 13.2. The molecule has 0 radical (unpaired) electrons. The Morgan fingerprint density at radius 3 is 2.83 bits per heavy atom. The fourth-order valence-corrected chi connectivity index (χ4v) is 4.86. The van der Waals surface area contributed by atoms with Crippen LogP contribution in [-0.2, 0) is 24.4 Å². The minimum absolute atomic E-state index is 0.0101. The van der Waals surface area contributed by atoms with Crippen LogP contribution < -0.4 is 4.74 Å². The Kier molecular flexibility index (Phi) is 7.02. The summed E-state index contributed by atoms with van der Waals surface area (Å²) in [7, 11) is 0. The highest BCUT2D eigenvalue weighted by molar-refractivity contribution is 5.89. The number of aromatic carboxylic acids is 1. The van der Waals surface area contributed by atoms with Gasteiger partial charge in [-0.15, -0.1) is 0 Å². The first-order chi connectivity index (χ1) is 19.5. The Morgan fingerprint density at radius 2 is 2.12 bits per heavy atom. The highest BCUT2D eigenvalue weighted by atomic mass is 19.1. The van der Waals surface area contributed by atoms with E-state index in [1.165, 1.54) is 12.1 Å². The fraction of sp³-hybridized carbons (Fsp3) is 0.310. The molecular formula is C29H26FN5O5. The standard InChI is InChI=1S/C29H26FN5O5/c30-22-12-18(14-31)4-5-20(22)17-39-27-3-1-2-23(33-27)19-6-9-34(10-7-19)16-26-32-24-13-25(29(36)37)40-28(24)35(26)15-21-8-11-38-21/h1-6,12-13,21H,7-11,15-17H2,(H,36,37)/t21-/m0/s1. The summed E-state index contributed by atoms with van der Waals surface area (Å²) in [6.07, 6.45) is 3.91. The van der Waals surface area contributed by atoms with Gasteiger partial charge in [0.2, 0.25) is 17.4 Å². The van der Waals surface area contributed by atoms with Gasteiger partial charge in [-0.3, -0.25) is 9.47 Å². The summed E-state index contributed by atoms with van der Waals surface area (Å²) < 4.78 is 33.1. The molecule has 0 bridgehead atoms. The summed E-state index contributed by atoms with van der Waals surface area (Å²) in [6.45, 7) is 3.35. The normalized spacial score (nSPS) is 17.3. The van der Waals surface area contributed by atoms with E-state index < -0.39 is 11.8 Å². The molecule has 3 aromatic heterocycles. The van der Waals surface area contributed by atoms with Gasteiger partial charge in [-0.25, -0.2) is 19.2 Å².